The highest BCUT2D eigenvalue weighted by Crippen LogP contribution is 2.40. The Morgan fingerprint density at radius 2 is 1.73 bits per heavy atom. The van der Waals surface area contributed by atoms with Crippen molar-refractivity contribution in [3.05, 3.63) is 58.1 Å². The Bertz CT molecular complexity index is 674. The Morgan fingerprint density at radius 1 is 1.00 bits per heavy atom. The predicted molar refractivity (Wildman–Crippen MR) is 89.0 cm³/mol. The molecule has 1 heterocycles. The Morgan fingerprint density at radius 3 is 2.36 bits per heavy atom. The zero-order chi connectivity index (χ0) is 15.7. The smallest absolute Gasteiger partial charge is 0.164 e. The van der Waals surface area contributed by atoms with Crippen molar-refractivity contribution in [3.8, 4) is 11.5 Å². The van der Waals surface area contributed by atoms with Crippen LogP contribution in [0.4, 0.5) is 0 Å². The molecule has 1 aliphatic rings. The Kier molecular flexibility index (Phi) is 4.08. The third-order valence-electron chi connectivity index (χ3n) is 4.55. The molecule has 1 unspecified atom stereocenters. The number of nitrogens with one attached hydrogen (secondary N) is 1. The molecule has 0 spiro atoms. The molecule has 0 saturated heterocycles. The summed E-state index contributed by atoms with van der Waals surface area (Å²) in [4.78, 5) is 0. The van der Waals surface area contributed by atoms with Crippen LogP contribution in [-0.4, -0.2) is 20.8 Å². The minimum atomic E-state index is 0.213. The minimum Gasteiger partial charge on any atom is -0.493 e. The van der Waals surface area contributed by atoms with E-state index in [0.29, 0.717) is 0 Å². The maximum atomic E-state index is 5.63. The fourth-order valence-corrected chi connectivity index (χ4v) is 3.53. The zero-order valence-electron chi connectivity index (χ0n) is 13.7. The molecule has 2 aromatic carbocycles. The van der Waals surface area contributed by atoms with E-state index in [1.165, 1.54) is 27.8 Å². The fourth-order valence-electron chi connectivity index (χ4n) is 3.53. The lowest BCUT2D eigenvalue weighted by molar-refractivity contribution is 0.348. The van der Waals surface area contributed by atoms with Crippen molar-refractivity contribution >= 4 is 0 Å². The summed E-state index contributed by atoms with van der Waals surface area (Å²) in [5, 5.41) is 3.67. The molecule has 0 saturated carbocycles. The van der Waals surface area contributed by atoms with Gasteiger partial charge in [-0.3, -0.25) is 0 Å². The Balaban J connectivity index is 2.17. The molecule has 3 heteroatoms. The van der Waals surface area contributed by atoms with Crippen LogP contribution in [-0.2, 0) is 6.42 Å². The second-order valence-corrected chi connectivity index (χ2v) is 5.81. The normalized spacial score (nSPS) is 17.0. The molecule has 3 nitrogen and oxygen atoms in total. The molecule has 2 aromatic rings. The van der Waals surface area contributed by atoms with Gasteiger partial charge in [0, 0.05) is 12.1 Å². The first-order valence-electron chi connectivity index (χ1n) is 7.70. The summed E-state index contributed by atoms with van der Waals surface area (Å²) in [6.07, 6.45) is 0.955. The summed E-state index contributed by atoms with van der Waals surface area (Å²) >= 11 is 0. The van der Waals surface area contributed by atoms with Crippen LogP contribution in [0.3, 0.4) is 0 Å². The van der Waals surface area contributed by atoms with Crippen molar-refractivity contribution < 1.29 is 9.47 Å². The average Bonchev–Trinajstić information content (AvgIpc) is 2.53. The van der Waals surface area contributed by atoms with Crippen molar-refractivity contribution in [2.45, 2.75) is 26.3 Å². The van der Waals surface area contributed by atoms with E-state index >= 15 is 0 Å². The molecule has 0 aliphatic carbocycles. The van der Waals surface area contributed by atoms with Crippen molar-refractivity contribution in [1.29, 1.82) is 0 Å². The van der Waals surface area contributed by atoms with Gasteiger partial charge in [-0.25, -0.2) is 0 Å². The van der Waals surface area contributed by atoms with Gasteiger partial charge in [-0.2, -0.15) is 0 Å². The van der Waals surface area contributed by atoms with Crippen LogP contribution in [0, 0.1) is 13.8 Å². The van der Waals surface area contributed by atoms with E-state index < -0.39 is 0 Å². The summed E-state index contributed by atoms with van der Waals surface area (Å²) in [6.45, 7) is 5.30. The summed E-state index contributed by atoms with van der Waals surface area (Å²) in [7, 11) is 3.41. The first kappa shape index (κ1) is 14.9. The lowest BCUT2D eigenvalue weighted by Gasteiger charge is -2.31. The largest absolute Gasteiger partial charge is 0.493 e. The Labute approximate surface area is 132 Å². The number of hydrogen-bond donors (Lipinski definition) is 1. The second-order valence-electron chi connectivity index (χ2n) is 5.81. The van der Waals surface area contributed by atoms with Crippen molar-refractivity contribution in [2.24, 2.45) is 0 Å². The van der Waals surface area contributed by atoms with Crippen LogP contribution in [0.25, 0.3) is 0 Å². The molecule has 0 aromatic heterocycles. The molecule has 3 rings (SSSR count). The summed E-state index contributed by atoms with van der Waals surface area (Å²) in [6, 6.07) is 10.9. The zero-order valence-corrected chi connectivity index (χ0v) is 13.7. The molecular weight excluding hydrogens is 274 g/mol. The van der Waals surface area contributed by atoms with Gasteiger partial charge >= 0.3 is 0 Å². The van der Waals surface area contributed by atoms with Gasteiger partial charge in [0.2, 0.25) is 0 Å². The van der Waals surface area contributed by atoms with E-state index in [1.54, 1.807) is 14.2 Å². The molecule has 1 aliphatic heterocycles. The number of ether oxygens (including phenoxy) is 2. The van der Waals surface area contributed by atoms with Gasteiger partial charge in [-0.05, 0) is 48.6 Å². The van der Waals surface area contributed by atoms with Crippen LogP contribution in [0.5, 0.6) is 11.5 Å². The third-order valence-corrected chi connectivity index (χ3v) is 4.55. The van der Waals surface area contributed by atoms with Gasteiger partial charge < -0.3 is 14.8 Å². The van der Waals surface area contributed by atoms with E-state index in [9.17, 15) is 0 Å². The number of benzene rings is 2. The number of hydrogen-bond acceptors (Lipinski definition) is 3. The van der Waals surface area contributed by atoms with Crippen LogP contribution in [0.2, 0.25) is 0 Å². The topological polar surface area (TPSA) is 30.5 Å². The van der Waals surface area contributed by atoms with Gasteiger partial charge in [-0.1, -0.05) is 24.3 Å². The fraction of sp³-hybridized carbons (Fsp3) is 0.368. The summed E-state index contributed by atoms with van der Waals surface area (Å²) in [5.41, 5.74) is 6.56. The monoisotopic (exact) mass is 297 g/mol. The summed E-state index contributed by atoms with van der Waals surface area (Å²) in [5.74, 6) is 1.68. The first-order chi connectivity index (χ1) is 10.7. The molecule has 0 fully saturated rings. The van der Waals surface area contributed by atoms with Crippen molar-refractivity contribution in [3.63, 3.8) is 0 Å². The van der Waals surface area contributed by atoms with Gasteiger partial charge in [0.15, 0.2) is 11.5 Å². The SMILES string of the molecule is COc1ccc2c(c1OC)CCNC2c1c(C)cccc1C. The van der Waals surface area contributed by atoms with Gasteiger partial charge in [0.1, 0.15) is 0 Å². The van der Waals surface area contributed by atoms with E-state index in [0.717, 1.165) is 24.5 Å². The van der Waals surface area contributed by atoms with Crippen LogP contribution in [0.1, 0.15) is 33.9 Å². The van der Waals surface area contributed by atoms with Gasteiger partial charge in [0.25, 0.3) is 0 Å². The molecule has 0 bridgehead atoms. The lowest BCUT2D eigenvalue weighted by Crippen LogP contribution is -2.32. The first-order valence-corrected chi connectivity index (χ1v) is 7.70. The molecule has 116 valence electrons. The quantitative estimate of drug-likeness (QED) is 0.939. The van der Waals surface area contributed by atoms with Crippen LogP contribution >= 0.6 is 0 Å². The Hall–Kier alpha value is -2.00. The molecular formula is C19H23NO2. The molecule has 0 radical (unpaired) electrons. The van der Waals surface area contributed by atoms with Gasteiger partial charge in [0.05, 0.1) is 20.3 Å². The number of fused-ring (bicyclic) bond motifs is 1. The molecule has 0 amide bonds. The minimum absolute atomic E-state index is 0.213. The number of rotatable bonds is 3. The summed E-state index contributed by atoms with van der Waals surface area (Å²) < 4.78 is 11.1. The van der Waals surface area contributed by atoms with E-state index in [1.807, 2.05) is 6.07 Å². The lowest BCUT2D eigenvalue weighted by atomic mass is 9.85. The molecule has 22 heavy (non-hydrogen) atoms. The highest BCUT2D eigenvalue weighted by atomic mass is 16.5. The number of aryl methyl sites for hydroxylation is 2. The van der Waals surface area contributed by atoms with E-state index in [-0.39, 0.29) is 6.04 Å². The maximum Gasteiger partial charge on any atom is 0.164 e. The highest BCUT2D eigenvalue weighted by Gasteiger charge is 2.27. The van der Waals surface area contributed by atoms with Crippen molar-refractivity contribution in [2.75, 3.05) is 20.8 Å². The molecule has 1 atom stereocenters. The van der Waals surface area contributed by atoms with E-state index in [2.05, 4.69) is 43.4 Å². The van der Waals surface area contributed by atoms with Crippen molar-refractivity contribution in [1.82, 2.24) is 5.32 Å². The standard InChI is InChI=1S/C19H23NO2/c1-12-6-5-7-13(2)17(12)18-14-8-9-16(21-3)19(22-4)15(14)10-11-20-18/h5-9,18,20H,10-11H2,1-4H3. The van der Waals surface area contributed by atoms with E-state index in [4.69, 9.17) is 9.47 Å². The van der Waals surface area contributed by atoms with Crippen LogP contribution in [0.15, 0.2) is 30.3 Å². The second kappa shape index (κ2) is 6.01. The van der Waals surface area contributed by atoms with Gasteiger partial charge in [-0.15, -0.1) is 0 Å². The number of methoxy groups -OCH3 is 2. The van der Waals surface area contributed by atoms with Crippen LogP contribution < -0.4 is 14.8 Å². The molecule has 1 N–H and O–H groups in total. The average molecular weight is 297 g/mol. The third kappa shape index (κ3) is 2.35. The highest BCUT2D eigenvalue weighted by molar-refractivity contribution is 5.55. The predicted octanol–water partition coefficient (Wildman–Crippen LogP) is 3.56. The maximum absolute atomic E-state index is 5.63.